The highest BCUT2D eigenvalue weighted by Gasteiger charge is 2.19. The van der Waals surface area contributed by atoms with Gasteiger partial charge >= 0.3 is 0 Å². The molecule has 0 fully saturated rings. The maximum atomic E-state index is 13.3. The monoisotopic (exact) mass is 389 g/mol. The summed E-state index contributed by atoms with van der Waals surface area (Å²) in [5, 5.41) is 7.15. The molecule has 4 rings (SSSR count). The van der Waals surface area contributed by atoms with Crippen LogP contribution in [0.4, 0.5) is 4.39 Å². The molecule has 0 aliphatic heterocycles. The summed E-state index contributed by atoms with van der Waals surface area (Å²) < 4.78 is 14.7. The topological polar surface area (TPSA) is 72.2 Å². The second-order valence-electron chi connectivity index (χ2n) is 7.06. The SMILES string of the molecule is Cc1ccc(C(C)NC(=O)c2cc(-c3ccc(F)cc3)nc3ncnn23)c(C)c1. The first-order valence-electron chi connectivity index (χ1n) is 9.27. The van der Waals surface area contributed by atoms with Crippen LogP contribution in [-0.2, 0) is 0 Å². The summed E-state index contributed by atoms with van der Waals surface area (Å²) in [4.78, 5) is 21.6. The number of halogens is 1. The van der Waals surface area contributed by atoms with Crippen LogP contribution in [-0.4, -0.2) is 25.5 Å². The van der Waals surface area contributed by atoms with E-state index in [9.17, 15) is 9.18 Å². The van der Waals surface area contributed by atoms with Gasteiger partial charge in [-0.1, -0.05) is 23.8 Å². The highest BCUT2D eigenvalue weighted by Crippen LogP contribution is 2.22. The summed E-state index contributed by atoms with van der Waals surface area (Å²) in [5.41, 5.74) is 4.86. The van der Waals surface area contributed by atoms with Crippen molar-refractivity contribution in [2.24, 2.45) is 0 Å². The van der Waals surface area contributed by atoms with Gasteiger partial charge in [0.05, 0.1) is 11.7 Å². The number of rotatable bonds is 4. The fourth-order valence-electron chi connectivity index (χ4n) is 3.40. The van der Waals surface area contributed by atoms with E-state index in [0.717, 1.165) is 11.1 Å². The lowest BCUT2D eigenvalue weighted by atomic mass is 10.00. The van der Waals surface area contributed by atoms with Crippen molar-refractivity contribution in [3.8, 4) is 11.3 Å². The molecular formula is C22H20FN5O. The van der Waals surface area contributed by atoms with Crippen LogP contribution in [0.3, 0.4) is 0 Å². The number of nitrogens with one attached hydrogen (secondary N) is 1. The van der Waals surface area contributed by atoms with Gasteiger partial charge in [0.2, 0.25) is 0 Å². The van der Waals surface area contributed by atoms with Crippen LogP contribution in [0.5, 0.6) is 0 Å². The summed E-state index contributed by atoms with van der Waals surface area (Å²) in [5.74, 6) is -0.326. The minimum absolute atomic E-state index is 0.191. The molecule has 0 spiro atoms. The van der Waals surface area contributed by atoms with Gasteiger partial charge in [-0.3, -0.25) is 4.79 Å². The molecule has 6 nitrogen and oxygen atoms in total. The van der Waals surface area contributed by atoms with E-state index in [1.54, 1.807) is 18.2 Å². The van der Waals surface area contributed by atoms with Crippen molar-refractivity contribution in [2.45, 2.75) is 26.8 Å². The van der Waals surface area contributed by atoms with E-state index in [4.69, 9.17) is 0 Å². The third kappa shape index (κ3) is 3.71. The standard InChI is InChI=1S/C22H20FN5O/c1-13-4-9-18(14(2)10-13)15(3)26-21(29)20-11-19(16-5-7-17(23)8-6-16)27-22-24-12-25-28(20)22/h4-12,15H,1-3H3,(H,26,29). The molecule has 29 heavy (non-hydrogen) atoms. The Labute approximate surface area is 167 Å². The number of carbonyl (C=O) groups excluding carboxylic acids is 1. The summed E-state index contributed by atoms with van der Waals surface area (Å²) in [6, 6.07) is 13.5. The van der Waals surface area contributed by atoms with Crippen molar-refractivity contribution >= 4 is 11.7 Å². The lowest BCUT2D eigenvalue weighted by Gasteiger charge is -2.17. The smallest absolute Gasteiger partial charge is 0.270 e. The Morgan fingerprint density at radius 2 is 1.86 bits per heavy atom. The van der Waals surface area contributed by atoms with Gasteiger partial charge in [-0.25, -0.2) is 9.37 Å². The zero-order valence-electron chi connectivity index (χ0n) is 16.3. The quantitative estimate of drug-likeness (QED) is 0.572. The third-order valence-electron chi connectivity index (χ3n) is 4.86. The third-order valence-corrected chi connectivity index (χ3v) is 4.86. The Bertz CT molecular complexity index is 1200. The van der Waals surface area contributed by atoms with Crippen LogP contribution in [0.1, 0.15) is 40.1 Å². The molecule has 1 unspecified atom stereocenters. The Hall–Kier alpha value is -3.61. The molecule has 146 valence electrons. The maximum Gasteiger partial charge on any atom is 0.270 e. The van der Waals surface area contributed by atoms with Gasteiger partial charge in [0.25, 0.3) is 11.7 Å². The second-order valence-corrected chi connectivity index (χ2v) is 7.06. The van der Waals surface area contributed by atoms with Gasteiger partial charge in [-0.2, -0.15) is 14.6 Å². The van der Waals surface area contributed by atoms with E-state index in [-0.39, 0.29) is 17.8 Å². The van der Waals surface area contributed by atoms with Gasteiger partial charge in [-0.15, -0.1) is 0 Å². The molecule has 0 saturated heterocycles. The Morgan fingerprint density at radius 3 is 2.59 bits per heavy atom. The van der Waals surface area contributed by atoms with E-state index in [1.165, 1.54) is 28.5 Å². The number of aryl methyl sites for hydroxylation is 2. The van der Waals surface area contributed by atoms with Crippen LogP contribution in [0.2, 0.25) is 0 Å². The average Bonchev–Trinajstić information content (AvgIpc) is 3.16. The molecule has 1 amide bonds. The number of aromatic nitrogens is 4. The van der Waals surface area contributed by atoms with E-state index in [1.807, 2.05) is 32.9 Å². The fourth-order valence-corrected chi connectivity index (χ4v) is 3.40. The minimum atomic E-state index is -0.336. The predicted molar refractivity (Wildman–Crippen MR) is 108 cm³/mol. The lowest BCUT2D eigenvalue weighted by Crippen LogP contribution is -2.29. The number of benzene rings is 2. The van der Waals surface area contributed by atoms with Crippen molar-refractivity contribution in [1.29, 1.82) is 0 Å². The second kappa shape index (κ2) is 7.43. The van der Waals surface area contributed by atoms with Crippen LogP contribution in [0.15, 0.2) is 54.9 Å². The van der Waals surface area contributed by atoms with Gasteiger partial charge in [0.1, 0.15) is 17.8 Å². The predicted octanol–water partition coefficient (Wildman–Crippen LogP) is 4.04. The van der Waals surface area contributed by atoms with E-state index >= 15 is 0 Å². The first-order chi connectivity index (χ1) is 13.9. The largest absolute Gasteiger partial charge is 0.344 e. The molecule has 7 heteroatoms. The normalized spacial score (nSPS) is 12.1. The molecule has 0 aliphatic carbocycles. The molecule has 2 heterocycles. The van der Waals surface area contributed by atoms with Gasteiger partial charge in [0, 0.05) is 5.56 Å². The highest BCUT2D eigenvalue weighted by molar-refractivity contribution is 5.94. The zero-order chi connectivity index (χ0) is 20.5. The molecule has 2 aromatic carbocycles. The first kappa shape index (κ1) is 18.7. The number of nitrogens with zero attached hydrogens (tertiary/aromatic N) is 4. The molecule has 2 aromatic heterocycles. The molecule has 1 atom stereocenters. The Balaban J connectivity index is 1.69. The molecule has 0 saturated carbocycles. The minimum Gasteiger partial charge on any atom is -0.344 e. The molecule has 0 bridgehead atoms. The van der Waals surface area contributed by atoms with Crippen molar-refractivity contribution < 1.29 is 9.18 Å². The number of carbonyl (C=O) groups is 1. The van der Waals surface area contributed by atoms with E-state index in [2.05, 4.69) is 26.4 Å². The number of hydrogen-bond acceptors (Lipinski definition) is 4. The van der Waals surface area contributed by atoms with Gasteiger partial charge < -0.3 is 5.32 Å². The molecule has 0 aliphatic rings. The molecular weight excluding hydrogens is 369 g/mol. The van der Waals surface area contributed by atoms with Gasteiger partial charge in [0.15, 0.2) is 0 Å². The Morgan fingerprint density at radius 1 is 1.10 bits per heavy atom. The fraction of sp³-hybridized carbons (Fsp3) is 0.182. The van der Waals surface area contributed by atoms with E-state index < -0.39 is 0 Å². The lowest BCUT2D eigenvalue weighted by molar-refractivity contribution is 0.0932. The molecule has 0 radical (unpaired) electrons. The van der Waals surface area contributed by atoms with E-state index in [0.29, 0.717) is 22.7 Å². The number of amides is 1. The first-order valence-corrected chi connectivity index (χ1v) is 9.27. The molecule has 1 N–H and O–H groups in total. The van der Waals surface area contributed by atoms with Crippen LogP contribution in [0.25, 0.3) is 17.0 Å². The van der Waals surface area contributed by atoms with Crippen molar-refractivity contribution in [3.63, 3.8) is 0 Å². The number of fused-ring (bicyclic) bond motifs is 1. The summed E-state index contributed by atoms with van der Waals surface area (Å²) >= 11 is 0. The average molecular weight is 389 g/mol. The highest BCUT2D eigenvalue weighted by atomic mass is 19.1. The van der Waals surface area contributed by atoms with Crippen molar-refractivity contribution in [3.05, 3.63) is 83.1 Å². The summed E-state index contributed by atoms with van der Waals surface area (Å²) in [6.07, 6.45) is 1.35. The maximum absolute atomic E-state index is 13.3. The van der Waals surface area contributed by atoms with Crippen molar-refractivity contribution in [2.75, 3.05) is 0 Å². The zero-order valence-corrected chi connectivity index (χ0v) is 16.3. The molecule has 4 aromatic rings. The van der Waals surface area contributed by atoms with Gasteiger partial charge in [-0.05, 0) is 62.2 Å². The number of hydrogen-bond donors (Lipinski definition) is 1. The Kier molecular flexibility index (Phi) is 4.80. The van der Waals surface area contributed by atoms with Crippen LogP contribution in [0, 0.1) is 19.7 Å². The summed E-state index contributed by atoms with van der Waals surface area (Å²) in [6.45, 7) is 6.01. The van der Waals surface area contributed by atoms with Crippen molar-refractivity contribution in [1.82, 2.24) is 24.9 Å². The van der Waals surface area contributed by atoms with Crippen LogP contribution < -0.4 is 5.32 Å². The van der Waals surface area contributed by atoms with Crippen LogP contribution >= 0.6 is 0 Å². The summed E-state index contributed by atoms with van der Waals surface area (Å²) in [7, 11) is 0.